The van der Waals surface area contributed by atoms with Gasteiger partial charge in [-0.1, -0.05) is 41.0 Å². The van der Waals surface area contributed by atoms with E-state index in [4.69, 9.17) is 21.2 Å². The molecular weight excluding hydrogens is 419 g/mol. The molecule has 5 nitrogen and oxygen atoms in total. The number of ether oxygens (including phenoxy) is 1. The molecule has 2 aromatic carbocycles. The highest BCUT2D eigenvalue weighted by Crippen LogP contribution is 2.20. The molecule has 0 saturated heterocycles. The Bertz CT molecular complexity index is 883. The van der Waals surface area contributed by atoms with Gasteiger partial charge in [-0.2, -0.15) is 0 Å². The van der Waals surface area contributed by atoms with Crippen LogP contribution in [0.5, 0.6) is 0 Å². The molecule has 0 fully saturated rings. The molecule has 2 atom stereocenters. The Morgan fingerprint density at radius 3 is 2.68 bits per heavy atom. The first-order chi connectivity index (χ1) is 14.7. The summed E-state index contributed by atoms with van der Waals surface area (Å²) in [4.78, 5) is 7.77. The second kappa shape index (κ2) is 10.6. The average molecular weight is 449 g/mol. The van der Waals surface area contributed by atoms with Gasteiger partial charge in [0, 0.05) is 31.1 Å². The molecule has 168 valence electrons. The van der Waals surface area contributed by atoms with Crippen LogP contribution in [0.15, 0.2) is 53.7 Å². The van der Waals surface area contributed by atoms with E-state index < -0.39 is 6.10 Å². The van der Waals surface area contributed by atoms with Gasteiger partial charge in [0.2, 0.25) is 0 Å². The molecule has 1 aliphatic heterocycles. The molecular formula is C24H30ClFN2O3. The van der Waals surface area contributed by atoms with E-state index in [-0.39, 0.29) is 24.1 Å². The summed E-state index contributed by atoms with van der Waals surface area (Å²) in [6.45, 7) is 7.75. The van der Waals surface area contributed by atoms with Gasteiger partial charge in [0.1, 0.15) is 11.9 Å². The van der Waals surface area contributed by atoms with E-state index >= 15 is 0 Å². The number of nitrogens with zero attached hydrogens (tertiary/aromatic N) is 2. The maximum absolute atomic E-state index is 13.2. The number of halogens is 2. The first-order valence-corrected chi connectivity index (χ1v) is 10.8. The maximum atomic E-state index is 13.2. The zero-order valence-corrected chi connectivity index (χ0v) is 19.0. The molecule has 1 heterocycles. The van der Waals surface area contributed by atoms with Crippen LogP contribution < -0.4 is 0 Å². The van der Waals surface area contributed by atoms with Crippen molar-refractivity contribution in [3.05, 3.63) is 70.5 Å². The Balaban J connectivity index is 1.62. The summed E-state index contributed by atoms with van der Waals surface area (Å²) in [5, 5.41) is 15.4. The lowest BCUT2D eigenvalue weighted by atomic mass is 10.0. The molecule has 31 heavy (non-hydrogen) atoms. The lowest BCUT2D eigenvalue weighted by Crippen LogP contribution is -2.40. The highest BCUT2D eigenvalue weighted by molar-refractivity contribution is 6.30. The van der Waals surface area contributed by atoms with Crippen LogP contribution in [0.25, 0.3) is 0 Å². The van der Waals surface area contributed by atoms with Crippen molar-refractivity contribution in [3.63, 3.8) is 0 Å². The zero-order valence-electron chi connectivity index (χ0n) is 18.2. The molecule has 1 N–H and O–H groups in total. The van der Waals surface area contributed by atoms with E-state index in [0.717, 1.165) is 16.8 Å². The largest absolute Gasteiger partial charge is 0.390 e. The summed E-state index contributed by atoms with van der Waals surface area (Å²) in [6, 6.07) is 13.9. The molecule has 0 aliphatic carbocycles. The number of aliphatic hydroxyl groups is 1. The number of rotatable bonds is 9. The summed E-state index contributed by atoms with van der Waals surface area (Å²) >= 11 is 6.14. The van der Waals surface area contributed by atoms with Crippen molar-refractivity contribution in [1.82, 2.24) is 4.90 Å². The molecule has 0 radical (unpaired) electrons. The number of oxime groups is 1. The Hall–Kier alpha value is -1.99. The van der Waals surface area contributed by atoms with Crippen LogP contribution in [-0.4, -0.2) is 53.2 Å². The fourth-order valence-electron chi connectivity index (χ4n) is 3.42. The number of aliphatic hydroxyl groups excluding tert-OH is 1. The Labute approximate surface area is 188 Å². The summed E-state index contributed by atoms with van der Waals surface area (Å²) in [5.74, 6) is -0.279. The van der Waals surface area contributed by atoms with Crippen LogP contribution >= 0.6 is 11.6 Å². The van der Waals surface area contributed by atoms with Crippen LogP contribution in [0.4, 0.5) is 4.39 Å². The van der Waals surface area contributed by atoms with Crippen molar-refractivity contribution in [1.29, 1.82) is 0 Å². The van der Waals surface area contributed by atoms with Crippen LogP contribution in [0.3, 0.4) is 0 Å². The lowest BCUT2D eigenvalue weighted by molar-refractivity contribution is -0.0600. The van der Waals surface area contributed by atoms with Gasteiger partial charge in [-0.15, -0.1) is 0 Å². The van der Waals surface area contributed by atoms with Crippen LogP contribution in [0.1, 0.15) is 38.3 Å². The molecule has 0 amide bonds. The van der Waals surface area contributed by atoms with Crippen molar-refractivity contribution in [2.24, 2.45) is 5.16 Å². The first-order valence-electron chi connectivity index (χ1n) is 10.5. The third-order valence-electron chi connectivity index (χ3n) is 4.85. The predicted octanol–water partition coefficient (Wildman–Crippen LogP) is 4.65. The van der Waals surface area contributed by atoms with E-state index in [9.17, 15) is 9.50 Å². The molecule has 7 heteroatoms. The smallest absolute Gasteiger partial charge is 0.145 e. The normalized spacial score (nSPS) is 17.5. The SMILES string of the molecule is CC(C)(C)OC[C@H](O)CN(Cc1cccc(Cl)c1)C[C@@H]1CC(c2ccc(F)cc2)=NO1. The predicted molar refractivity (Wildman–Crippen MR) is 121 cm³/mol. The van der Waals surface area contributed by atoms with Crippen LogP contribution in [0, 0.1) is 5.82 Å². The Morgan fingerprint density at radius 2 is 2.00 bits per heavy atom. The summed E-state index contributed by atoms with van der Waals surface area (Å²) < 4.78 is 18.9. The van der Waals surface area contributed by atoms with Crippen molar-refractivity contribution in [2.45, 2.75) is 51.5 Å². The Kier molecular flexibility index (Phi) is 8.06. The first kappa shape index (κ1) is 23.7. The van der Waals surface area contributed by atoms with E-state index in [1.54, 1.807) is 12.1 Å². The quantitative estimate of drug-likeness (QED) is 0.606. The third kappa shape index (κ3) is 7.89. The van der Waals surface area contributed by atoms with Gasteiger partial charge in [0.15, 0.2) is 0 Å². The van der Waals surface area contributed by atoms with Crippen LogP contribution in [-0.2, 0) is 16.1 Å². The van der Waals surface area contributed by atoms with E-state index in [1.807, 2.05) is 45.0 Å². The molecule has 0 spiro atoms. The van der Waals surface area contributed by atoms with Crippen molar-refractivity contribution < 1.29 is 19.1 Å². The zero-order chi connectivity index (χ0) is 22.4. The molecule has 0 aromatic heterocycles. The molecule has 1 aliphatic rings. The molecule has 0 unspecified atom stereocenters. The van der Waals surface area contributed by atoms with Crippen LogP contribution in [0.2, 0.25) is 5.02 Å². The van der Waals surface area contributed by atoms with Gasteiger partial charge in [-0.05, 0) is 56.2 Å². The minimum Gasteiger partial charge on any atom is -0.390 e. The number of hydrogen-bond donors (Lipinski definition) is 1. The summed E-state index contributed by atoms with van der Waals surface area (Å²) in [6.07, 6.45) is -0.181. The maximum Gasteiger partial charge on any atom is 0.145 e. The minimum atomic E-state index is -0.641. The van der Waals surface area contributed by atoms with E-state index in [1.165, 1.54) is 12.1 Å². The second-order valence-corrected chi connectivity index (χ2v) is 9.31. The summed E-state index contributed by atoms with van der Waals surface area (Å²) in [5.41, 5.74) is 2.38. The van der Waals surface area contributed by atoms with E-state index in [0.29, 0.717) is 31.1 Å². The highest BCUT2D eigenvalue weighted by Gasteiger charge is 2.26. The van der Waals surface area contributed by atoms with Crippen molar-refractivity contribution >= 4 is 17.3 Å². The fourth-order valence-corrected chi connectivity index (χ4v) is 3.63. The average Bonchev–Trinajstić information content (AvgIpc) is 3.15. The van der Waals surface area contributed by atoms with E-state index in [2.05, 4.69) is 10.1 Å². The standard InChI is InChI=1S/C24H30ClFN2O3/c1-24(2,3)30-16-21(29)14-28(13-17-5-4-6-19(25)11-17)15-22-12-23(27-31-22)18-7-9-20(26)10-8-18/h4-11,21-22,29H,12-16H2,1-3H3/t21-,22+/m1/s1. The van der Waals surface area contributed by atoms with Gasteiger partial charge in [-0.25, -0.2) is 4.39 Å². The van der Waals surface area contributed by atoms with Gasteiger partial charge in [0.25, 0.3) is 0 Å². The second-order valence-electron chi connectivity index (χ2n) is 8.88. The monoisotopic (exact) mass is 448 g/mol. The Morgan fingerprint density at radius 1 is 1.26 bits per heavy atom. The molecule has 0 bridgehead atoms. The lowest BCUT2D eigenvalue weighted by Gasteiger charge is -2.28. The molecule has 0 saturated carbocycles. The van der Waals surface area contributed by atoms with Gasteiger partial charge >= 0.3 is 0 Å². The minimum absolute atomic E-state index is 0.157. The van der Waals surface area contributed by atoms with Crippen molar-refractivity contribution in [2.75, 3.05) is 19.7 Å². The number of benzene rings is 2. The van der Waals surface area contributed by atoms with Gasteiger partial charge in [0.05, 0.1) is 24.0 Å². The highest BCUT2D eigenvalue weighted by atomic mass is 35.5. The fraction of sp³-hybridized carbons (Fsp3) is 0.458. The molecule has 3 rings (SSSR count). The van der Waals surface area contributed by atoms with Crippen molar-refractivity contribution in [3.8, 4) is 0 Å². The molecule has 2 aromatic rings. The number of hydrogen-bond acceptors (Lipinski definition) is 5. The summed E-state index contributed by atoms with van der Waals surface area (Å²) in [7, 11) is 0. The van der Waals surface area contributed by atoms with Gasteiger partial charge < -0.3 is 14.7 Å². The van der Waals surface area contributed by atoms with Gasteiger partial charge in [-0.3, -0.25) is 4.90 Å². The topological polar surface area (TPSA) is 54.3 Å². The third-order valence-corrected chi connectivity index (χ3v) is 5.08.